The summed E-state index contributed by atoms with van der Waals surface area (Å²) in [6.07, 6.45) is 3.72. The normalized spacial score (nSPS) is 24.8. The Morgan fingerprint density at radius 2 is 2.18 bits per heavy atom. The molecule has 0 saturated heterocycles. The van der Waals surface area contributed by atoms with Crippen LogP contribution in [0.2, 0.25) is 0 Å². The first-order valence-corrected chi connectivity index (χ1v) is 6.48. The number of halogens is 1. The lowest BCUT2D eigenvalue weighted by molar-refractivity contribution is 0.356. The van der Waals surface area contributed by atoms with E-state index in [2.05, 4.69) is 26.1 Å². The largest absolute Gasteiger partial charge is 0.307 e. The molecule has 1 unspecified atom stereocenters. The molecule has 2 atom stereocenters. The van der Waals surface area contributed by atoms with Crippen LogP contribution in [0.4, 0.5) is 4.39 Å². The van der Waals surface area contributed by atoms with Gasteiger partial charge in [-0.3, -0.25) is 0 Å². The van der Waals surface area contributed by atoms with Gasteiger partial charge in [-0.05, 0) is 49.3 Å². The zero-order valence-corrected chi connectivity index (χ0v) is 11.0. The van der Waals surface area contributed by atoms with Crippen LogP contribution in [0.25, 0.3) is 0 Å². The Balaban J connectivity index is 1.96. The van der Waals surface area contributed by atoms with E-state index in [4.69, 9.17) is 0 Å². The van der Waals surface area contributed by atoms with E-state index in [9.17, 15) is 4.39 Å². The zero-order valence-electron chi connectivity index (χ0n) is 11.0. The summed E-state index contributed by atoms with van der Waals surface area (Å²) in [5, 5.41) is 3.61. The third kappa shape index (κ3) is 3.29. The van der Waals surface area contributed by atoms with Gasteiger partial charge in [-0.15, -0.1) is 0 Å². The maximum Gasteiger partial charge on any atom is 0.123 e. The van der Waals surface area contributed by atoms with E-state index < -0.39 is 0 Å². The number of hydrogen-bond donors (Lipinski definition) is 1. The maximum absolute atomic E-state index is 13.1. The van der Waals surface area contributed by atoms with Gasteiger partial charge in [0, 0.05) is 12.1 Å². The molecule has 1 nitrogen and oxygen atoms in total. The van der Waals surface area contributed by atoms with Gasteiger partial charge in [0.15, 0.2) is 0 Å². The molecule has 1 aliphatic rings. The molecule has 17 heavy (non-hydrogen) atoms. The highest BCUT2D eigenvalue weighted by atomic mass is 19.1. The predicted molar refractivity (Wildman–Crippen MR) is 69.4 cm³/mol. The summed E-state index contributed by atoms with van der Waals surface area (Å²) in [6, 6.07) is 7.68. The lowest BCUT2D eigenvalue weighted by Gasteiger charge is -2.22. The van der Waals surface area contributed by atoms with Crippen molar-refractivity contribution >= 4 is 0 Å². The highest BCUT2D eigenvalue weighted by Gasteiger charge is 2.31. The second-order valence-electron chi connectivity index (χ2n) is 6.05. The van der Waals surface area contributed by atoms with Gasteiger partial charge in [0.25, 0.3) is 0 Å². The van der Waals surface area contributed by atoms with E-state index in [1.54, 1.807) is 12.1 Å². The van der Waals surface area contributed by atoms with E-state index in [-0.39, 0.29) is 11.9 Å². The summed E-state index contributed by atoms with van der Waals surface area (Å²) in [7, 11) is 0. The molecule has 0 aromatic heterocycles. The third-order valence-corrected chi connectivity index (χ3v) is 3.80. The van der Waals surface area contributed by atoms with Crippen LogP contribution < -0.4 is 5.32 Å². The molecular weight excluding hydrogens is 213 g/mol. The molecule has 1 aromatic carbocycles. The standard InChI is InChI=1S/C15H22FN/c1-11(12-5-4-6-13(16)9-12)17-14-7-8-15(2,3)10-14/h4-6,9,11,14,17H,7-8,10H2,1-3H3/t11-,14?/m1/s1. The molecule has 0 radical (unpaired) electrons. The summed E-state index contributed by atoms with van der Waals surface area (Å²) >= 11 is 0. The third-order valence-electron chi connectivity index (χ3n) is 3.80. The number of rotatable bonds is 3. The molecule has 0 bridgehead atoms. The Bertz CT molecular complexity index is 386. The minimum atomic E-state index is -0.150. The predicted octanol–water partition coefficient (Wildman–Crippen LogP) is 4.06. The zero-order chi connectivity index (χ0) is 12.5. The first kappa shape index (κ1) is 12.6. The van der Waals surface area contributed by atoms with Crippen molar-refractivity contribution in [2.75, 3.05) is 0 Å². The number of benzene rings is 1. The molecule has 1 aliphatic carbocycles. The summed E-state index contributed by atoms with van der Waals surface area (Å²) in [5.41, 5.74) is 1.49. The summed E-state index contributed by atoms with van der Waals surface area (Å²) in [4.78, 5) is 0. The lowest BCUT2D eigenvalue weighted by atomic mass is 9.91. The SMILES string of the molecule is C[C@@H](NC1CCC(C)(C)C1)c1cccc(F)c1. The van der Waals surface area contributed by atoms with Gasteiger partial charge in [-0.25, -0.2) is 4.39 Å². The lowest BCUT2D eigenvalue weighted by Crippen LogP contribution is -2.30. The van der Waals surface area contributed by atoms with Crippen molar-refractivity contribution in [3.63, 3.8) is 0 Å². The van der Waals surface area contributed by atoms with Crippen LogP contribution >= 0.6 is 0 Å². The van der Waals surface area contributed by atoms with Crippen molar-refractivity contribution in [2.24, 2.45) is 5.41 Å². The smallest absolute Gasteiger partial charge is 0.123 e. The molecule has 1 N–H and O–H groups in total. The van der Waals surface area contributed by atoms with Crippen LogP contribution in [0.3, 0.4) is 0 Å². The summed E-state index contributed by atoms with van der Waals surface area (Å²) < 4.78 is 13.1. The second-order valence-corrected chi connectivity index (χ2v) is 6.05. The number of nitrogens with one attached hydrogen (secondary N) is 1. The molecule has 94 valence electrons. The van der Waals surface area contributed by atoms with Crippen LogP contribution in [0.1, 0.15) is 51.6 Å². The minimum absolute atomic E-state index is 0.150. The van der Waals surface area contributed by atoms with Gasteiger partial charge in [-0.1, -0.05) is 26.0 Å². The van der Waals surface area contributed by atoms with E-state index in [0.717, 1.165) is 5.56 Å². The summed E-state index contributed by atoms with van der Waals surface area (Å²) in [5.74, 6) is -0.150. The molecule has 0 aliphatic heterocycles. The van der Waals surface area contributed by atoms with Crippen LogP contribution in [0, 0.1) is 11.2 Å². The van der Waals surface area contributed by atoms with Gasteiger partial charge in [0.05, 0.1) is 0 Å². The van der Waals surface area contributed by atoms with Gasteiger partial charge in [-0.2, -0.15) is 0 Å². The molecule has 0 heterocycles. The van der Waals surface area contributed by atoms with Crippen molar-refractivity contribution in [3.05, 3.63) is 35.6 Å². The number of hydrogen-bond acceptors (Lipinski definition) is 1. The van der Waals surface area contributed by atoms with Crippen LogP contribution in [-0.4, -0.2) is 6.04 Å². The fraction of sp³-hybridized carbons (Fsp3) is 0.600. The van der Waals surface area contributed by atoms with Gasteiger partial charge in [0.1, 0.15) is 5.82 Å². The average Bonchev–Trinajstić information content (AvgIpc) is 2.58. The van der Waals surface area contributed by atoms with Crippen molar-refractivity contribution in [3.8, 4) is 0 Å². The second kappa shape index (κ2) is 4.77. The van der Waals surface area contributed by atoms with E-state index >= 15 is 0 Å². The highest BCUT2D eigenvalue weighted by molar-refractivity contribution is 5.19. The topological polar surface area (TPSA) is 12.0 Å². The average molecular weight is 235 g/mol. The molecule has 1 saturated carbocycles. The molecule has 2 heteroatoms. The molecule has 2 rings (SSSR count). The van der Waals surface area contributed by atoms with Crippen LogP contribution in [0.5, 0.6) is 0 Å². The van der Waals surface area contributed by atoms with Crippen LogP contribution in [0.15, 0.2) is 24.3 Å². The molecule has 1 aromatic rings. The van der Waals surface area contributed by atoms with Gasteiger partial charge in [0.2, 0.25) is 0 Å². The van der Waals surface area contributed by atoms with Crippen molar-refractivity contribution < 1.29 is 4.39 Å². The molecule has 0 amide bonds. The first-order chi connectivity index (χ1) is 7.96. The Kier molecular flexibility index (Phi) is 3.53. The Morgan fingerprint density at radius 3 is 2.76 bits per heavy atom. The quantitative estimate of drug-likeness (QED) is 0.833. The maximum atomic E-state index is 13.1. The van der Waals surface area contributed by atoms with E-state index in [1.807, 2.05) is 6.07 Å². The van der Waals surface area contributed by atoms with Crippen LogP contribution in [-0.2, 0) is 0 Å². The van der Waals surface area contributed by atoms with Crippen molar-refractivity contribution in [1.82, 2.24) is 5.32 Å². The molecule has 1 fully saturated rings. The monoisotopic (exact) mass is 235 g/mol. The Hall–Kier alpha value is -0.890. The van der Waals surface area contributed by atoms with Gasteiger partial charge >= 0.3 is 0 Å². The fourth-order valence-electron chi connectivity index (χ4n) is 2.80. The van der Waals surface area contributed by atoms with E-state index in [0.29, 0.717) is 11.5 Å². The Labute approximate surface area is 103 Å². The first-order valence-electron chi connectivity index (χ1n) is 6.48. The summed E-state index contributed by atoms with van der Waals surface area (Å²) in [6.45, 7) is 6.75. The molecule has 0 spiro atoms. The van der Waals surface area contributed by atoms with Gasteiger partial charge < -0.3 is 5.32 Å². The Morgan fingerprint density at radius 1 is 1.41 bits per heavy atom. The fourth-order valence-corrected chi connectivity index (χ4v) is 2.80. The van der Waals surface area contributed by atoms with Crippen molar-refractivity contribution in [2.45, 2.75) is 52.1 Å². The highest BCUT2D eigenvalue weighted by Crippen LogP contribution is 2.37. The minimum Gasteiger partial charge on any atom is -0.307 e. The molecular formula is C15H22FN. The van der Waals surface area contributed by atoms with E-state index in [1.165, 1.54) is 25.3 Å². The van der Waals surface area contributed by atoms with Crippen molar-refractivity contribution in [1.29, 1.82) is 0 Å².